The molecule has 1 unspecified atom stereocenters. The molecule has 0 bridgehead atoms. The Morgan fingerprint density at radius 1 is 1.17 bits per heavy atom. The second kappa shape index (κ2) is 14.2. The van der Waals surface area contributed by atoms with Crippen LogP contribution in [0.15, 0.2) is 0 Å². The normalized spacial score (nSPS) is 19.7. The van der Waals surface area contributed by atoms with E-state index < -0.39 is 17.8 Å². The smallest absolute Gasteiger partial charge is 0.407 e. The molecule has 8 heteroatoms. The zero-order chi connectivity index (χ0) is 22.6. The molecule has 0 aromatic carbocycles. The summed E-state index contributed by atoms with van der Waals surface area (Å²) >= 11 is 0. The molecule has 30 heavy (non-hydrogen) atoms. The third-order valence-corrected chi connectivity index (χ3v) is 5.36. The van der Waals surface area contributed by atoms with Crippen LogP contribution in [-0.4, -0.2) is 63.2 Å². The first kappa shape index (κ1) is 27.1. The molecule has 0 saturated heterocycles. The van der Waals surface area contributed by atoms with Gasteiger partial charge in [0.2, 0.25) is 0 Å². The Balaban J connectivity index is 2.92. The quantitative estimate of drug-likeness (QED) is 0.385. The van der Waals surface area contributed by atoms with Crippen molar-refractivity contribution in [1.82, 2.24) is 10.6 Å². The predicted octanol–water partition coefficient (Wildman–Crippen LogP) is 3.14. The van der Waals surface area contributed by atoms with Crippen LogP contribution in [0.3, 0.4) is 0 Å². The average Bonchev–Trinajstić information content (AvgIpc) is 2.68. The number of likely N-dealkylation sites (N-methyl/N-ethyl adjacent to an activating group) is 1. The Labute approximate surface area is 182 Å². The second-order valence-electron chi connectivity index (χ2n) is 9.18. The molecule has 0 radical (unpaired) electrons. The Hall–Kier alpha value is -0.930. The van der Waals surface area contributed by atoms with E-state index in [9.17, 15) is 4.79 Å². The third-order valence-electron chi connectivity index (χ3n) is 5.36. The zero-order valence-corrected chi connectivity index (χ0v) is 19.9. The van der Waals surface area contributed by atoms with Gasteiger partial charge in [-0.3, -0.25) is 0 Å². The summed E-state index contributed by atoms with van der Waals surface area (Å²) in [6.45, 7) is 10.8. The van der Waals surface area contributed by atoms with E-state index in [0.29, 0.717) is 12.5 Å². The van der Waals surface area contributed by atoms with Crippen molar-refractivity contribution in [3.05, 3.63) is 0 Å². The fourth-order valence-corrected chi connectivity index (χ4v) is 3.76. The fourth-order valence-electron chi connectivity index (χ4n) is 3.76. The van der Waals surface area contributed by atoms with Gasteiger partial charge in [-0.15, -0.1) is 0 Å². The molecule has 1 amide bonds. The van der Waals surface area contributed by atoms with Gasteiger partial charge in [-0.1, -0.05) is 39.0 Å². The molecule has 0 spiro atoms. The highest BCUT2D eigenvalue weighted by atomic mass is 16.7. The number of hydrogen-bond acceptors (Lipinski definition) is 7. The maximum Gasteiger partial charge on any atom is 0.407 e. The number of nitrogens with one attached hydrogen (secondary N) is 2. The van der Waals surface area contributed by atoms with Crippen LogP contribution in [0, 0.1) is 5.92 Å². The van der Waals surface area contributed by atoms with Gasteiger partial charge in [0.05, 0.1) is 12.1 Å². The number of ether oxygens (including phenoxy) is 4. The van der Waals surface area contributed by atoms with Crippen molar-refractivity contribution in [3.63, 3.8) is 0 Å². The van der Waals surface area contributed by atoms with Gasteiger partial charge in [0, 0.05) is 19.7 Å². The van der Waals surface area contributed by atoms with Crippen LogP contribution in [0.4, 0.5) is 4.79 Å². The zero-order valence-electron chi connectivity index (χ0n) is 19.9. The van der Waals surface area contributed by atoms with Gasteiger partial charge >= 0.3 is 6.09 Å². The molecule has 4 atom stereocenters. The van der Waals surface area contributed by atoms with Crippen LogP contribution >= 0.6 is 0 Å². The summed E-state index contributed by atoms with van der Waals surface area (Å²) in [7, 11) is 1.58. The summed E-state index contributed by atoms with van der Waals surface area (Å²) in [5.74, 6) is 0.537. The van der Waals surface area contributed by atoms with Crippen LogP contribution in [0.25, 0.3) is 0 Å². The lowest BCUT2D eigenvalue weighted by Gasteiger charge is -2.36. The lowest BCUT2D eigenvalue weighted by Crippen LogP contribution is -2.57. The van der Waals surface area contributed by atoms with Crippen LogP contribution in [0.5, 0.6) is 0 Å². The molecule has 0 aliphatic heterocycles. The van der Waals surface area contributed by atoms with Crippen molar-refractivity contribution < 1.29 is 23.7 Å². The van der Waals surface area contributed by atoms with Crippen molar-refractivity contribution in [3.8, 4) is 0 Å². The van der Waals surface area contributed by atoms with Crippen LogP contribution in [0.1, 0.15) is 73.1 Å². The van der Waals surface area contributed by atoms with Crippen molar-refractivity contribution in [2.75, 3.05) is 27.0 Å². The van der Waals surface area contributed by atoms with E-state index in [1.807, 2.05) is 27.7 Å². The summed E-state index contributed by atoms with van der Waals surface area (Å²) in [5.41, 5.74) is 5.93. The molecule has 8 nitrogen and oxygen atoms in total. The summed E-state index contributed by atoms with van der Waals surface area (Å²) in [6.07, 6.45) is 5.64. The van der Waals surface area contributed by atoms with Crippen molar-refractivity contribution in [1.29, 1.82) is 0 Å². The number of rotatable bonds is 13. The number of methoxy groups -OCH3 is 1. The number of nitrogens with two attached hydrogens (primary N) is 1. The number of carbonyl (C=O) groups excluding carboxylic acids is 1. The predicted molar refractivity (Wildman–Crippen MR) is 118 cm³/mol. The van der Waals surface area contributed by atoms with Crippen molar-refractivity contribution in [2.24, 2.45) is 11.7 Å². The van der Waals surface area contributed by atoms with E-state index in [1.165, 1.54) is 32.1 Å². The lowest BCUT2D eigenvalue weighted by molar-refractivity contribution is -0.194. The Morgan fingerprint density at radius 2 is 1.83 bits per heavy atom. The lowest BCUT2D eigenvalue weighted by atomic mass is 9.83. The number of hydrogen-bond donors (Lipinski definition) is 3. The molecule has 178 valence electrons. The third kappa shape index (κ3) is 11.5. The maximum absolute atomic E-state index is 12.6. The second-order valence-corrected chi connectivity index (χ2v) is 9.18. The van der Waals surface area contributed by atoms with Crippen molar-refractivity contribution in [2.45, 2.75) is 103 Å². The first-order valence-corrected chi connectivity index (χ1v) is 11.4. The first-order valence-electron chi connectivity index (χ1n) is 11.4. The Kier molecular flexibility index (Phi) is 12.8. The summed E-state index contributed by atoms with van der Waals surface area (Å²) in [4.78, 5) is 12.6. The molecule has 1 rings (SSSR count). The van der Waals surface area contributed by atoms with E-state index in [1.54, 1.807) is 14.0 Å². The highest BCUT2D eigenvalue weighted by Gasteiger charge is 2.33. The highest BCUT2D eigenvalue weighted by Crippen LogP contribution is 2.29. The maximum atomic E-state index is 12.6. The summed E-state index contributed by atoms with van der Waals surface area (Å²) in [5, 5.41) is 6.32. The topological polar surface area (TPSA) is 104 Å². The molecule has 1 aliphatic rings. The van der Waals surface area contributed by atoms with E-state index in [2.05, 4.69) is 10.6 Å². The Morgan fingerprint density at radius 3 is 2.40 bits per heavy atom. The highest BCUT2D eigenvalue weighted by molar-refractivity contribution is 5.68. The molecule has 0 aromatic heterocycles. The van der Waals surface area contributed by atoms with Crippen LogP contribution in [0.2, 0.25) is 0 Å². The molecule has 0 heterocycles. The average molecular weight is 432 g/mol. The molecule has 0 aromatic rings. The monoisotopic (exact) mass is 431 g/mol. The van der Waals surface area contributed by atoms with Crippen molar-refractivity contribution >= 4 is 6.09 Å². The van der Waals surface area contributed by atoms with Crippen LogP contribution < -0.4 is 16.4 Å². The molecule has 1 saturated carbocycles. The Bertz CT molecular complexity index is 466. The first-order chi connectivity index (χ1) is 14.2. The molecule has 1 fully saturated rings. The molecule has 1 aliphatic carbocycles. The van der Waals surface area contributed by atoms with Gasteiger partial charge in [-0.05, 0) is 46.6 Å². The number of alkyl carbamates (subject to hydrolysis) is 1. The largest absolute Gasteiger partial charge is 0.444 e. The van der Waals surface area contributed by atoms with E-state index in [4.69, 9.17) is 24.7 Å². The SMILES string of the molecule is CCNC[C@H](N)[C@@H](OCOC(C)OC)[C@H](CC1CCCCC1)NC(=O)OC(C)(C)C. The van der Waals surface area contributed by atoms with E-state index in [0.717, 1.165) is 13.0 Å². The molecule has 4 N–H and O–H groups in total. The minimum Gasteiger partial charge on any atom is -0.444 e. The standard InChI is InChI=1S/C22H45N3O5/c1-7-24-14-18(23)20(29-15-28-16(2)27-6)19(13-17-11-9-8-10-12-17)25-21(26)30-22(3,4)5/h16-20,24H,7-15,23H2,1-6H3,(H,25,26)/t16?,18-,19-,20+/m0/s1. The van der Waals surface area contributed by atoms with Gasteiger partial charge in [-0.2, -0.15) is 0 Å². The van der Waals surface area contributed by atoms with Gasteiger partial charge < -0.3 is 35.3 Å². The van der Waals surface area contributed by atoms with E-state index in [-0.39, 0.29) is 25.2 Å². The minimum absolute atomic E-state index is 0.0384. The number of carbonyl (C=O) groups is 1. The fraction of sp³-hybridized carbons (Fsp3) is 0.955. The van der Waals surface area contributed by atoms with E-state index >= 15 is 0 Å². The van der Waals surface area contributed by atoms with Gasteiger partial charge in [0.1, 0.15) is 12.4 Å². The minimum atomic E-state index is -0.571. The van der Waals surface area contributed by atoms with Gasteiger partial charge in [-0.25, -0.2) is 4.79 Å². The van der Waals surface area contributed by atoms with Gasteiger partial charge in [0.15, 0.2) is 6.29 Å². The number of amides is 1. The van der Waals surface area contributed by atoms with Gasteiger partial charge in [0.25, 0.3) is 0 Å². The van der Waals surface area contributed by atoms with Crippen LogP contribution in [-0.2, 0) is 18.9 Å². The molecular weight excluding hydrogens is 386 g/mol. The summed E-state index contributed by atoms with van der Waals surface area (Å²) < 4.78 is 22.2. The summed E-state index contributed by atoms with van der Waals surface area (Å²) in [6, 6.07) is -0.576. The molecular formula is C22H45N3O5.